The number of ether oxygens (including phenoxy) is 1. The van der Waals surface area contributed by atoms with Crippen molar-refractivity contribution in [1.82, 2.24) is 9.55 Å². The Hall–Kier alpha value is -2.07. The van der Waals surface area contributed by atoms with Crippen LogP contribution in [-0.4, -0.2) is 22.1 Å². The third-order valence-corrected chi connectivity index (χ3v) is 2.84. The van der Waals surface area contributed by atoms with Gasteiger partial charge in [0, 0.05) is 30.0 Å². The maximum Gasteiger partial charge on any atom is 0.338 e. The van der Waals surface area contributed by atoms with Gasteiger partial charge in [0.2, 0.25) is 0 Å². The SMILES string of the molecule is C=Cn1ccnc1CCOC(=O)c1ccc(Cl)cc1. The zero-order valence-corrected chi connectivity index (χ0v) is 11.0. The second kappa shape index (κ2) is 6.20. The molecule has 0 bridgehead atoms. The molecule has 0 N–H and O–H groups in total. The molecule has 1 aromatic heterocycles. The molecular formula is C14H13ClN2O2. The number of nitrogens with zero attached hydrogens (tertiary/aromatic N) is 2. The van der Waals surface area contributed by atoms with Crippen molar-refractivity contribution < 1.29 is 9.53 Å². The molecule has 98 valence electrons. The van der Waals surface area contributed by atoms with Gasteiger partial charge in [0.25, 0.3) is 0 Å². The minimum atomic E-state index is -0.367. The van der Waals surface area contributed by atoms with Crippen molar-refractivity contribution in [3.05, 3.63) is 59.6 Å². The molecule has 2 aromatic rings. The number of hydrogen-bond donors (Lipinski definition) is 0. The number of aromatic nitrogens is 2. The fraction of sp³-hybridized carbons (Fsp3) is 0.143. The van der Waals surface area contributed by atoms with Gasteiger partial charge in [-0.3, -0.25) is 0 Å². The van der Waals surface area contributed by atoms with Crippen molar-refractivity contribution in [3.8, 4) is 0 Å². The minimum Gasteiger partial charge on any atom is -0.462 e. The van der Waals surface area contributed by atoms with E-state index in [4.69, 9.17) is 16.3 Å². The fourth-order valence-corrected chi connectivity index (χ4v) is 1.73. The highest BCUT2D eigenvalue weighted by Gasteiger charge is 2.07. The molecule has 1 heterocycles. The zero-order chi connectivity index (χ0) is 13.7. The van der Waals surface area contributed by atoms with E-state index in [1.807, 2.05) is 0 Å². The van der Waals surface area contributed by atoms with Crippen molar-refractivity contribution in [2.24, 2.45) is 0 Å². The van der Waals surface area contributed by atoms with Gasteiger partial charge in [-0.15, -0.1) is 0 Å². The summed E-state index contributed by atoms with van der Waals surface area (Å²) in [6.07, 6.45) is 5.67. The van der Waals surface area contributed by atoms with Crippen molar-refractivity contribution in [2.45, 2.75) is 6.42 Å². The second-order valence-corrected chi connectivity index (χ2v) is 4.26. The second-order valence-electron chi connectivity index (χ2n) is 3.83. The third kappa shape index (κ3) is 3.45. The van der Waals surface area contributed by atoms with Crippen LogP contribution in [0.5, 0.6) is 0 Å². The summed E-state index contributed by atoms with van der Waals surface area (Å²) >= 11 is 5.75. The van der Waals surface area contributed by atoms with Crippen molar-refractivity contribution in [2.75, 3.05) is 6.61 Å². The summed E-state index contributed by atoms with van der Waals surface area (Å²) in [7, 11) is 0. The Balaban J connectivity index is 1.87. The largest absolute Gasteiger partial charge is 0.462 e. The van der Waals surface area contributed by atoms with Gasteiger partial charge in [0.15, 0.2) is 0 Å². The van der Waals surface area contributed by atoms with Gasteiger partial charge in [0.1, 0.15) is 5.82 Å². The molecule has 0 amide bonds. The van der Waals surface area contributed by atoms with Crippen LogP contribution in [0.1, 0.15) is 16.2 Å². The number of imidazole rings is 1. The summed E-state index contributed by atoms with van der Waals surface area (Å²) < 4.78 is 6.96. The van der Waals surface area contributed by atoms with E-state index in [9.17, 15) is 4.79 Å². The first-order valence-corrected chi connectivity index (χ1v) is 6.15. The van der Waals surface area contributed by atoms with Crippen molar-refractivity contribution in [3.63, 3.8) is 0 Å². The topological polar surface area (TPSA) is 44.1 Å². The Kier molecular flexibility index (Phi) is 4.36. The van der Waals surface area contributed by atoms with Gasteiger partial charge in [-0.2, -0.15) is 0 Å². The summed E-state index contributed by atoms with van der Waals surface area (Å²) in [5.41, 5.74) is 0.483. The van der Waals surface area contributed by atoms with E-state index in [2.05, 4.69) is 11.6 Å². The van der Waals surface area contributed by atoms with Gasteiger partial charge in [0.05, 0.1) is 12.2 Å². The Morgan fingerprint density at radius 2 is 2.16 bits per heavy atom. The van der Waals surface area contributed by atoms with Crippen LogP contribution in [0.4, 0.5) is 0 Å². The van der Waals surface area contributed by atoms with Crippen LogP contribution in [0, 0.1) is 0 Å². The molecule has 0 aliphatic rings. The van der Waals surface area contributed by atoms with E-state index < -0.39 is 0 Å². The number of hydrogen-bond acceptors (Lipinski definition) is 3. The summed E-state index contributed by atoms with van der Waals surface area (Å²) in [6.45, 7) is 3.94. The van der Waals surface area contributed by atoms with E-state index in [-0.39, 0.29) is 12.6 Å². The molecular weight excluding hydrogens is 264 g/mol. The highest BCUT2D eigenvalue weighted by Crippen LogP contribution is 2.10. The molecule has 1 aromatic carbocycles. The number of rotatable bonds is 5. The molecule has 0 unspecified atom stereocenters. The molecule has 0 aliphatic carbocycles. The maximum atomic E-state index is 11.7. The van der Waals surface area contributed by atoms with Crippen LogP contribution in [0.3, 0.4) is 0 Å². The average Bonchev–Trinajstić information content (AvgIpc) is 2.87. The third-order valence-electron chi connectivity index (χ3n) is 2.58. The summed E-state index contributed by atoms with van der Waals surface area (Å²) in [5.74, 6) is 0.437. The first-order valence-electron chi connectivity index (χ1n) is 5.77. The highest BCUT2D eigenvalue weighted by molar-refractivity contribution is 6.30. The predicted octanol–water partition coefficient (Wildman–Crippen LogP) is 3.04. The van der Waals surface area contributed by atoms with E-state index in [1.54, 1.807) is 47.4 Å². The summed E-state index contributed by atoms with van der Waals surface area (Å²) in [6, 6.07) is 6.58. The van der Waals surface area contributed by atoms with Crippen LogP contribution >= 0.6 is 11.6 Å². The Morgan fingerprint density at radius 3 is 2.84 bits per heavy atom. The van der Waals surface area contributed by atoms with E-state index in [0.717, 1.165) is 5.82 Å². The van der Waals surface area contributed by atoms with Gasteiger partial charge in [-0.1, -0.05) is 18.2 Å². The average molecular weight is 277 g/mol. The number of carbonyl (C=O) groups is 1. The Morgan fingerprint density at radius 1 is 1.42 bits per heavy atom. The van der Waals surface area contributed by atoms with E-state index >= 15 is 0 Å². The molecule has 19 heavy (non-hydrogen) atoms. The first-order chi connectivity index (χ1) is 9.20. The summed E-state index contributed by atoms with van der Waals surface area (Å²) in [4.78, 5) is 15.9. The zero-order valence-electron chi connectivity index (χ0n) is 10.3. The standard InChI is InChI=1S/C14H13ClN2O2/c1-2-17-9-8-16-13(17)7-10-19-14(18)11-3-5-12(15)6-4-11/h2-6,8-9H,1,7,10H2. The van der Waals surface area contributed by atoms with Gasteiger partial charge in [-0.25, -0.2) is 9.78 Å². The molecule has 5 heteroatoms. The highest BCUT2D eigenvalue weighted by atomic mass is 35.5. The number of benzene rings is 1. The van der Waals surface area contributed by atoms with Gasteiger partial charge < -0.3 is 9.30 Å². The molecule has 0 fully saturated rings. The van der Waals surface area contributed by atoms with Crippen LogP contribution in [-0.2, 0) is 11.2 Å². The van der Waals surface area contributed by atoms with Gasteiger partial charge >= 0.3 is 5.97 Å². The van der Waals surface area contributed by atoms with E-state index in [1.165, 1.54) is 0 Å². The molecule has 0 atom stereocenters. The normalized spacial score (nSPS) is 10.2. The number of esters is 1. The fourth-order valence-electron chi connectivity index (χ4n) is 1.61. The van der Waals surface area contributed by atoms with Crippen LogP contribution in [0.25, 0.3) is 6.20 Å². The number of carbonyl (C=O) groups excluding carboxylic acids is 1. The van der Waals surface area contributed by atoms with Crippen molar-refractivity contribution in [1.29, 1.82) is 0 Å². The molecule has 0 radical (unpaired) electrons. The molecule has 4 nitrogen and oxygen atoms in total. The minimum absolute atomic E-state index is 0.270. The lowest BCUT2D eigenvalue weighted by atomic mass is 10.2. The van der Waals surface area contributed by atoms with Gasteiger partial charge in [-0.05, 0) is 24.3 Å². The number of halogens is 1. The first kappa shape index (κ1) is 13.4. The molecule has 0 saturated carbocycles. The predicted molar refractivity (Wildman–Crippen MR) is 74.1 cm³/mol. The van der Waals surface area contributed by atoms with Crippen LogP contribution in [0.2, 0.25) is 5.02 Å². The molecule has 0 aliphatic heterocycles. The molecule has 0 saturated heterocycles. The lowest BCUT2D eigenvalue weighted by molar-refractivity contribution is 0.0507. The van der Waals surface area contributed by atoms with Crippen LogP contribution in [0.15, 0.2) is 43.2 Å². The smallest absolute Gasteiger partial charge is 0.338 e. The monoisotopic (exact) mass is 276 g/mol. The van der Waals surface area contributed by atoms with E-state index in [0.29, 0.717) is 17.0 Å². The Labute approximate surface area is 116 Å². The maximum absolute atomic E-state index is 11.7. The quantitative estimate of drug-likeness (QED) is 0.789. The lowest BCUT2D eigenvalue weighted by Crippen LogP contribution is -2.09. The lowest BCUT2D eigenvalue weighted by Gasteiger charge is -2.05. The molecule has 2 rings (SSSR count). The molecule has 0 spiro atoms. The van der Waals surface area contributed by atoms with Crippen molar-refractivity contribution >= 4 is 23.8 Å². The Bertz CT molecular complexity index is 575. The van der Waals surface area contributed by atoms with Crippen LogP contribution < -0.4 is 0 Å². The summed E-state index contributed by atoms with van der Waals surface area (Å²) in [5, 5.41) is 0.588.